The quantitative estimate of drug-likeness (QED) is 0.679. The lowest BCUT2D eigenvalue weighted by Crippen LogP contribution is -2.20. The summed E-state index contributed by atoms with van der Waals surface area (Å²) < 4.78 is 0. The van der Waals surface area contributed by atoms with E-state index in [4.69, 9.17) is 0 Å². The van der Waals surface area contributed by atoms with Crippen molar-refractivity contribution >= 4 is 23.5 Å². The smallest absolute Gasteiger partial charge is 0.134 e. The number of rotatable bonds is 5. The highest BCUT2D eigenvalue weighted by atomic mass is 16.3. The van der Waals surface area contributed by atoms with E-state index in [1.54, 1.807) is 13.1 Å². The molecule has 0 aromatic carbocycles. The van der Waals surface area contributed by atoms with Gasteiger partial charge in [0, 0.05) is 24.8 Å². The van der Waals surface area contributed by atoms with E-state index in [0.29, 0.717) is 13.1 Å². The van der Waals surface area contributed by atoms with E-state index >= 15 is 0 Å². The number of anilines is 3. The number of nitrogens with zero attached hydrogens (tertiary/aromatic N) is 2. The van der Waals surface area contributed by atoms with Gasteiger partial charge in [0.15, 0.2) is 0 Å². The van der Waals surface area contributed by atoms with Gasteiger partial charge in [-0.1, -0.05) is 0 Å². The molecule has 0 saturated carbocycles. The predicted octanol–water partition coefficient (Wildman–Crippen LogP) is 2.40. The Labute approximate surface area is 135 Å². The molecule has 0 fully saturated rings. The van der Waals surface area contributed by atoms with E-state index < -0.39 is 6.10 Å². The lowest BCUT2D eigenvalue weighted by atomic mass is 10.1. The van der Waals surface area contributed by atoms with E-state index in [1.165, 1.54) is 0 Å². The third-order valence-corrected chi connectivity index (χ3v) is 3.55. The van der Waals surface area contributed by atoms with Gasteiger partial charge in [0.1, 0.15) is 17.5 Å². The average molecular weight is 311 g/mol. The second kappa shape index (κ2) is 6.66. The van der Waals surface area contributed by atoms with Gasteiger partial charge in [-0.15, -0.1) is 0 Å². The normalized spacial score (nSPS) is 13.9. The third kappa shape index (κ3) is 3.78. The number of nitrogens with one attached hydrogen (secondary N) is 3. The number of pyridine rings is 2. The Hall–Kier alpha value is -2.60. The minimum absolute atomic E-state index is 0.436. The van der Waals surface area contributed by atoms with E-state index in [0.717, 1.165) is 34.1 Å². The van der Waals surface area contributed by atoms with Gasteiger partial charge in [0.25, 0.3) is 0 Å². The van der Waals surface area contributed by atoms with Crippen molar-refractivity contribution in [1.29, 1.82) is 0 Å². The van der Waals surface area contributed by atoms with Crippen molar-refractivity contribution in [3.05, 3.63) is 47.3 Å². The molecule has 4 N–H and O–H groups in total. The minimum atomic E-state index is -0.436. The maximum atomic E-state index is 9.51. The minimum Gasteiger partial charge on any atom is -0.392 e. The molecule has 1 atom stereocenters. The molecule has 0 unspecified atom stereocenters. The Balaban J connectivity index is 1.91. The predicted molar refractivity (Wildman–Crippen MR) is 92.5 cm³/mol. The van der Waals surface area contributed by atoms with Crippen molar-refractivity contribution < 1.29 is 5.11 Å². The van der Waals surface area contributed by atoms with Crippen LogP contribution in [-0.2, 0) is 6.54 Å². The van der Waals surface area contributed by atoms with E-state index in [-0.39, 0.29) is 0 Å². The zero-order chi connectivity index (χ0) is 16.2. The standard InChI is InChI=1S/C17H21N5O/c1-11-3-6-19-15(7-11)21-16-8-13-4-5-18-10-14(13)17(22-16)20-9-12(2)23/h3-8,12,18,23H,9-10H2,1-2H3,(H2,19,20,21,22)/t12-/m1/s1. The Bertz CT molecular complexity index is 727. The van der Waals surface area contributed by atoms with Gasteiger partial charge in [-0.25, -0.2) is 9.97 Å². The zero-order valence-corrected chi connectivity index (χ0v) is 13.3. The molecule has 0 aliphatic carbocycles. The first kappa shape index (κ1) is 15.3. The van der Waals surface area contributed by atoms with Gasteiger partial charge < -0.3 is 21.1 Å². The van der Waals surface area contributed by atoms with E-state index in [9.17, 15) is 5.11 Å². The summed E-state index contributed by atoms with van der Waals surface area (Å²) in [5, 5.41) is 19.2. The highest BCUT2D eigenvalue weighted by Crippen LogP contribution is 2.26. The van der Waals surface area contributed by atoms with Crippen molar-refractivity contribution in [1.82, 2.24) is 15.3 Å². The van der Waals surface area contributed by atoms with Crippen LogP contribution in [0, 0.1) is 6.92 Å². The van der Waals surface area contributed by atoms with Crippen molar-refractivity contribution in [2.24, 2.45) is 0 Å². The van der Waals surface area contributed by atoms with Crippen molar-refractivity contribution in [2.75, 3.05) is 17.2 Å². The van der Waals surface area contributed by atoms with Crippen LogP contribution in [0.4, 0.5) is 17.5 Å². The first-order chi connectivity index (χ1) is 11.1. The van der Waals surface area contributed by atoms with Gasteiger partial charge in [0.05, 0.1) is 6.10 Å². The molecule has 3 rings (SSSR count). The molecule has 0 bridgehead atoms. The Kier molecular flexibility index (Phi) is 4.43. The second-order valence-electron chi connectivity index (χ2n) is 5.71. The number of hydrogen-bond acceptors (Lipinski definition) is 6. The van der Waals surface area contributed by atoms with Crippen LogP contribution in [0.2, 0.25) is 0 Å². The first-order valence-corrected chi connectivity index (χ1v) is 7.67. The molecule has 1 aliphatic heterocycles. The summed E-state index contributed by atoms with van der Waals surface area (Å²) in [7, 11) is 0. The van der Waals surface area contributed by atoms with Crippen LogP contribution in [-0.4, -0.2) is 27.7 Å². The summed E-state index contributed by atoms with van der Waals surface area (Å²) in [5.41, 5.74) is 3.33. The van der Waals surface area contributed by atoms with Crippen LogP contribution in [0.25, 0.3) is 6.08 Å². The first-order valence-electron chi connectivity index (χ1n) is 7.67. The molecule has 0 saturated heterocycles. The lowest BCUT2D eigenvalue weighted by molar-refractivity contribution is 0.208. The lowest BCUT2D eigenvalue weighted by Gasteiger charge is -2.19. The molecule has 6 heteroatoms. The second-order valence-corrected chi connectivity index (χ2v) is 5.71. The summed E-state index contributed by atoms with van der Waals surface area (Å²) >= 11 is 0. The fourth-order valence-electron chi connectivity index (χ4n) is 2.43. The highest BCUT2D eigenvalue weighted by molar-refractivity contribution is 5.69. The molecule has 23 heavy (non-hydrogen) atoms. The summed E-state index contributed by atoms with van der Waals surface area (Å²) in [6.07, 6.45) is 5.28. The summed E-state index contributed by atoms with van der Waals surface area (Å²) in [5.74, 6) is 2.26. The molecule has 2 aromatic rings. The van der Waals surface area contributed by atoms with Crippen LogP contribution in [0.5, 0.6) is 0 Å². The average Bonchev–Trinajstić information content (AvgIpc) is 2.52. The Morgan fingerprint density at radius 3 is 3.00 bits per heavy atom. The summed E-state index contributed by atoms with van der Waals surface area (Å²) in [6, 6.07) is 5.93. The maximum Gasteiger partial charge on any atom is 0.134 e. The van der Waals surface area contributed by atoms with Gasteiger partial charge >= 0.3 is 0 Å². The number of aliphatic hydroxyl groups excluding tert-OH is 1. The number of aliphatic hydroxyl groups is 1. The van der Waals surface area contributed by atoms with Crippen LogP contribution in [0.3, 0.4) is 0 Å². The molecular weight excluding hydrogens is 290 g/mol. The van der Waals surface area contributed by atoms with Crippen LogP contribution in [0.15, 0.2) is 30.6 Å². The monoisotopic (exact) mass is 311 g/mol. The van der Waals surface area contributed by atoms with E-state index in [2.05, 4.69) is 25.9 Å². The summed E-state index contributed by atoms with van der Waals surface area (Å²) in [6.45, 7) is 4.94. The van der Waals surface area contributed by atoms with Crippen LogP contribution < -0.4 is 16.0 Å². The fourth-order valence-corrected chi connectivity index (χ4v) is 2.43. The number of fused-ring (bicyclic) bond motifs is 1. The Morgan fingerprint density at radius 1 is 1.35 bits per heavy atom. The fraction of sp³-hybridized carbons (Fsp3) is 0.294. The number of hydrogen-bond donors (Lipinski definition) is 4. The largest absolute Gasteiger partial charge is 0.392 e. The van der Waals surface area contributed by atoms with E-state index in [1.807, 2.05) is 37.4 Å². The molecule has 0 spiro atoms. The summed E-state index contributed by atoms with van der Waals surface area (Å²) in [4.78, 5) is 8.94. The van der Waals surface area contributed by atoms with Gasteiger partial charge in [-0.3, -0.25) is 0 Å². The molecule has 120 valence electrons. The van der Waals surface area contributed by atoms with Gasteiger partial charge in [-0.05, 0) is 55.4 Å². The van der Waals surface area contributed by atoms with Crippen molar-refractivity contribution in [3.63, 3.8) is 0 Å². The molecular formula is C17H21N5O. The Morgan fingerprint density at radius 2 is 2.22 bits per heavy atom. The zero-order valence-electron chi connectivity index (χ0n) is 13.3. The van der Waals surface area contributed by atoms with Gasteiger partial charge in [-0.2, -0.15) is 0 Å². The van der Waals surface area contributed by atoms with Gasteiger partial charge in [0.2, 0.25) is 0 Å². The third-order valence-electron chi connectivity index (χ3n) is 3.55. The highest BCUT2D eigenvalue weighted by Gasteiger charge is 2.14. The number of aromatic nitrogens is 2. The van der Waals surface area contributed by atoms with Crippen molar-refractivity contribution in [2.45, 2.75) is 26.5 Å². The van der Waals surface area contributed by atoms with Crippen molar-refractivity contribution in [3.8, 4) is 0 Å². The molecule has 1 aliphatic rings. The topological polar surface area (TPSA) is 82.1 Å². The van der Waals surface area contributed by atoms with Crippen LogP contribution in [0.1, 0.15) is 23.6 Å². The molecule has 0 amide bonds. The SMILES string of the molecule is Cc1ccnc(Nc2cc3c(c(NC[C@@H](C)O)n2)CNC=C3)c1. The molecule has 0 radical (unpaired) electrons. The molecule has 3 heterocycles. The van der Waals surface area contributed by atoms with Crippen LogP contribution >= 0.6 is 0 Å². The maximum absolute atomic E-state index is 9.51. The molecule has 6 nitrogen and oxygen atoms in total. The number of aryl methyl sites for hydroxylation is 1. The molecule has 2 aromatic heterocycles.